The van der Waals surface area contributed by atoms with Crippen molar-refractivity contribution in [1.82, 2.24) is 23.9 Å². The maximum Gasteiger partial charge on any atom is 0.268 e. The summed E-state index contributed by atoms with van der Waals surface area (Å²) in [6, 6.07) is 6.65. The van der Waals surface area contributed by atoms with Crippen molar-refractivity contribution < 1.29 is 17.3 Å². The number of aryl methyl sites for hydroxylation is 3. The van der Waals surface area contributed by atoms with Gasteiger partial charge in [-0.3, -0.25) is 9.67 Å². The highest BCUT2D eigenvalue weighted by Gasteiger charge is 2.25. The molecule has 0 aliphatic heterocycles. The first-order valence-corrected chi connectivity index (χ1v) is 11.1. The molecule has 8 nitrogen and oxygen atoms in total. The second-order valence-corrected chi connectivity index (χ2v) is 9.31. The van der Waals surface area contributed by atoms with Crippen LogP contribution in [0.3, 0.4) is 0 Å². The van der Waals surface area contributed by atoms with Gasteiger partial charge in [-0.15, -0.1) is 0 Å². The van der Waals surface area contributed by atoms with Gasteiger partial charge in [0.25, 0.3) is 10.0 Å². The topological polar surface area (TPSA) is 95.8 Å². The van der Waals surface area contributed by atoms with Gasteiger partial charge >= 0.3 is 0 Å². The van der Waals surface area contributed by atoms with Crippen molar-refractivity contribution >= 4 is 21.1 Å². The molecule has 162 valence electrons. The van der Waals surface area contributed by atoms with Crippen LogP contribution in [0.4, 0.5) is 4.39 Å². The van der Waals surface area contributed by atoms with E-state index in [1.807, 2.05) is 0 Å². The highest BCUT2D eigenvalue weighted by atomic mass is 32.2. The van der Waals surface area contributed by atoms with Crippen molar-refractivity contribution in [1.29, 1.82) is 0 Å². The third kappa shape index (κ3) is 3.11. The molecule has 32 heavy (non-hydrogen) atoms. The molecule has 0 unspecified atom stereocenters. The predicted molar refractivity (Wildman–Crippen MR) is 116 cm³/mol. The molecule has 4 heterocycles. The Labute approximate surface area is 183 Å². The molecule has 0 radical (unpaired) electrons. The van der Waals surface area contributed by atoms with Crippen molar-refractivity contribution in [3.05, 3.63) is 72.4 Å². The quantitative estimate of drug-likeness (QED) is 0.408. The molecule has 4 aromatic heterocycles. The molecule has 5 rings (SSSR count). The zero-order chi connectivity index (χ0) is 22.6. The standard InChI is InChI=1S/C22H18FN5O3S/c1-13-21(14(2)31-26-13)15-7-20-22(24-9-15)19(16-10-25-27(3)11-16)12-28(20)32(29,30)18-6-4-5-17(23)8-18/h4-12H,1-3H3. The number of fused-ring (bicyclic) bond motifs is 1. The maximum absolute atomic E-state index is 13.8. The lowest BCUT2D eigenvalue weighted by molar-refractivity contribution is 0.393. The maximum atomic E-state index is 13.8. The first kappa shape index (κ1) is 20.1. The summed E-state index contributed by atoms with van der Waals surface area (Å²) in [6.45, 7) is 3.59. The lowest BCUT2D eigenvalue weighted by atomic mass is 10.1. The Morgan fingerprint density at radius 3 is 2.53 bits per heavy atom. The summed E-state index contributed by atoms with van der Waals surface area (Å²) in [6.07, 6.45) is 6.56. The summed E-state index contributed by atoms with van der Waals surface area (Å²) in [5, 5.41) is 8.16. The Kier molecular flexibility index (Phi) is 4.48. The van der Waals surface area contributed by atoms with E-state index in [0.29, 0.717) is 39.2 Å². The van der Waals surface area contributed by atoms with Gasteiger partial charge in [0.05, 0.1) is 27.8 Å². The second kappa shape index (κ2) is 7.13. The van der Waals surface area contributed by atoms with Crippen LogP contribution >= 0.6 is 0 Å². The number of pyridine rings is 1. The summed E-state index contributed by atoms with van der Waals surface area (Å²) in [5.74, 6) is -0.0354. The summed E-state index contributed by atoms with van der Waals surface area (Å²) in [7, 11) is -2.33. The minimum atomic E-state index is -4.10. The van der Waals surface area contributed by atoms with Crippen molar-refractivity contribution in [3.8, 4) is 22.3 Å². The molecule has 10 heteroatoms. The van der Waals surface area contributed by atoms with E-state index in [1.165, 1.54) is 24.4 Å². The predicted octanol–water partition coefficient (Wildman–Crippen LogP) is 4.08. The summed E-state index contributed by atoms with van der Waals surface area (Å²) >= 11 is 0. The van der Waals surface area contributed by atoms with Gasteiger partial charge in [0.15, 0.2) is 0 Å². The van der Waals surface area contributed by atoms with Gasteiger partial charge in [0.1, 0.15) is 11.6 Å². The smallest absolute Gasteiger partial charge is 0.268 e. The van der Waals surface area contributed by atoms with Crippen LogP contribution in [-0.2, 0) is 17.1 Å². The zero-order valence-electron chi connectivity index (χ0n) is 17.4. The number of halogens is 1. The molecule has 1 aromatic carbocycles. The SMILES string of the molecule is Cc1noc(C)c1-c1cnc2c(-c3cnn(C)c3)cn(S(=O)(=O)c3cccc(F)c3)c2c1. The van der Waals surface area contributed by atoms with Gasteiger partial charge in [0, 0.05) is 47.9 Å². The van der Waals surface area contributed by atoms with Crippen LogP contribution in [0.1, 0.15) is 11.5 Å². The average molecular weight is 451 g/mol. The van der Waals surface area contributed by atoms with Gasteiger partial charge in [-0.25, -0.2) is 16.8 Å². The van der Waals surface area contributed by atoms with E-state index in [1.54, 1.807) is 50.2 Å². The van der Waals surface area contributed by atoms with Crippen molar-refractivity contribution in [2.45, 2.75) is 18.7 Å². The first-order valence-electron chi connectivity index (χ1n) is 9.70. The molecule has 0 spiro atoms. The number of rotatable bonds is 4. The monoisotopic (exact) mass is 451 g/mol. The fourth-order valence-electron chi connectivity index (χ4n) is 3.82. The van der Waals surface area contributed by atoms with Gasteiger partial charge in [0.2, 0.25) is 0 Å². The van der Waals surface area contributed by atoms with Crippen LogP contribution in [0.2, 0.25) is 0 Å². The van der Waals surface area contributed by atoms with Crippen molar-refractivity contribution in [2.24, 2.45) is 7.05 Å². The van der Waals surface area contributed by atoms with Gasteiger partial charge in [-0.05, 0) is 38.1 Å². The normalized spacial score (nSPS) is 12.0. The summed E-state index contributed by atoms with van der Waals surface area (Å²) < 4.78 is 48.8. The first-order chi connectivity index (χ1) is 15.3. The van der Waals surface area contributed by atoms with Gasteiger partial charge in [-0.1, -0.05) is 11.2 Å². The molecule has 0 aliphatic rings. The van der Waals surface area contributed by atoms with E-state index in [4.69, 9.17) is 4.52 Å². The van der Waals surface area contributed by atoms with Crippen LogP contribution in [0.15, 0.2) is 64.5 Å². The molecule has 0 saturated carbocycles. The lowest BCUT2D eigenvalue weighted by Gasteiger charge is -2.08. The minimum Gasteiger partial charge on any atom is -0.361 e. The van der Waals surface area contributed by atoms with Crippen molar-refractivity contribution in [3.63, 3.8) is 0 Å². The third-order valence-corrected chi connectivity index (χ3v) is 6.97. The highest BCUT2D eigenvalue weighted by Crippen LogP contribution is 2.35. The van der Waals surface area contributed by atoms with E-state index in [9.17, 15) is 12.8 Å². The van der Waals surface area contributed by atoms with Crippen molar-refractivity contribution in [2.75, 3.05) is 0 Å². The second-order valence-electron chi connectivity index (χ2n) is 7.49. The Balaban J connectivity index is 1.82. The molecule has 0 aliphatic carbocycles. The van der Waals surface area contributed by atoms with Crippen LogP contribution < -0.4 is 0 Å². The Morgan fingerprint density at radius 1 is 1.06 bits per heavy atom. The minimum absolute atomic E-state index is 0.158. The fourth-order valence-corrected chi connectivity index (χ4v) is 5.20. The zero-order valence-corrected chi connectivity index (χ0v) is 18.3. The number of hydrogen-bond acceptors (Lipinski definition) is 6. The summed E-state index contributed by atoms with van der Waals surface area (Å²) in [4.78, 5) is 4.43. The highest BCUT2D eigenvalue weighted by molar-refractivity contribution is 7.90. The molecule has 0 saturated heterocycles. The Hall–Kier alpha value is -3.79. The molecule has 0 atom stereocenters. The molecule has 0 fully saturated rings. The molecule has 0 amide bonds. The largest absolute Gasteiger partial charge is 0.361 e. The molecule has 5 aromatic rings. The molecular weight excluding hydrogens is 433 g/mol. The average Bonchev–Trinajstić information content (AvgIpc) is 3.44. The lowest BCUT2D eigenvalue weighted by Crippen LogP contribution is -2.12. The van der Waals surface area contributed by atoms with E-state index in [2.05, 4.69) is 15.2 Å². The third-order valence-electron chi connectivity index (χ3n) is 5.30. The molecule has 0 bridgehead atoms. The fraction of sp³-hybridized carbons (Fsp3) is 0.136. The van der Waals surface area contributed by atoms with Gasteiger partial charge < -0.3 is 4.52 Å². The van der Waals surface area contributed by atoms with E-state index >= 15 is 0 Å². The van der Waals surface area contributed by atoms with Crippen LogP contribution in [0, 0.1) is 19.7 Å². The van der Waals surface area contributed by atoms with Crippen LogP contribution in [0.5, 0.6) is 0 Å². The number of nitrogens with zero attached hydrogens (tertiary/aromatic N) is 5. The number of hydrogen-bond donors (Lipinski definition) is 0. The Morgan fingerprint density at radius 2 is 1.88 bits per heavy atom. The number of aromatic nitrogens is 5. The Bertz CT molecular complexity index is 1580. The van der Waals surface area contributed by atoms with E-state index in [0.717, 1.165) is 15.6 Å². The van der Waals surface area contributed by atoms with E-state index in [-0.39, 0.29) is 4.90 Å². The molecular formula is C22H18FN5O3S. The van der Waals surface area contributed by atoms with Crippen LogP contribution in [-0.4, -0.2) is 32.3 Å². The molecule has 0 N–H and O–H groups in total. The van der Waals surface area contributed by atoms with E-state index < -0.39 is 15.8 Å². The van der Waals surface area contributed by atoms with Gasteiger partial charge in [-0.2, -0.15) is 5.10 Å². The van der Waals surface area contributed by atoms with Crippen LogP contribution in [0.25, 0.3) is 33.3 Å². The number of benzene rings is 1. The summed E-state index contributed by atoms with van der Waals surface area (Å²) in [5.41, 5.74) is 4.22.